The lowest BCUT2D eigenvalue weighted by molar-refractivity contribution is -0.253. The van der Waals surface area contributed by atoms with Gasteiger partial charge in [0.05, 0.1) is 0 Å². The fourth-order valence-electron chi connectivity index (χ4n) is 9.47. The molecule has 0 spiro atoms. The van der Waals surface area contributed by atoms with E-state index in [4.69, 9.17) is 4.74 Å². The maximum Gasteiger partial charge on any atom is 0.509 e. The summed E-state index contributed by atoms with van der Waals surface area (Å²) in [6.07, 6.45) is -0.754. The van der Waals surface area contributed by atoms with E-state index in [0.717, 1.165) is 24.8 Å². The van der Waals surface area contributed by atoms with Gasteiger partial charge in [-0.1, -0.05) is 65.5 Å². The van der Waals surface area contributed by atoms with Gasteiger partial charge in [-0.25, -0.2) is 13.2 Å². The first kappa shape index (κ1) is 34.4. The number of rotatable bonds is 9. The van der Waals surface area contributed by atoms with Crippen LogP contribution in [-0.4, -0.2) is 42.8 Å². The van der Waals surface area contributed by atoms with Gasteiger partial charge in [-0.05, 0) is 91.3 Å². The van der Waals surface area contributed by atoms with Gasteiger partial charge in [-0.2, -0.15) is 22.0 Å². The van der Waals surface area contributed by atoms with E-state index in [0.29, 0.717) is 53.8 Å². The second-order valence-electron chi connectivity index (χ2n) is 14.6. The summed E-state index contributed by atoms with van der Waals surface area (Å²) in [6, 6.07) is 0. The third-order valence-electron chi connectivity index (χ3n) is 11.7. The topological polar surface area (TPSA) is 92.7 Å². The summed E-state index contributed by atoms with van der Waals surface area (Å²) < 4.78 is 108. The molecular formula is C31H46F5O6S-. The highest BCUT2D eigenvalue weighted by Gasteiger charge is 2.64. The SMILES string of the molecule is CC(C)CCC[C@@H](C)[C@H]1CC[C@H]2[C@@H]3CC=C4C[C@@H](OC(=O)OC(C(F)(F)F)C(F)(F)S(=O)(=O)[O-])CC[C@]4(C)[C@H]3CC[C@]12C. The molecule has 0 aromatic heterocycles. The molecule has 4 rings (SSSR count). The molecule has 6 nitrogen and oxygen atoms in total. The van der Waals surface area contributed by atoms with E-state index < -0.39 is 39.9 Å². The standard InChI is InChI=1S/C31H47F5O6S/c1-18(2)7-6-8-19(3)23-11-12-24-22-10-9-20-17-21(13-15-28(20,4)25(22)14-16-29(23,24)5)41-27(37)42-26(30(32,33)34)31(35,36)43(38,39)40/h9,18-19,21-26H,6-8,10-17H2,1-5H3,(H,38,39,40)/p-1/t19-,21+,22+,23-,24+,25+,26?,28+,29-/m1/s1. The molecule has 4 aliphatic rings. The molecule has 0 aromatic carbocycles. The van der Waals surface area contributed by atoms with Crippen molar-refractivity contribution in [3.63, 3.8) is 0 Å². The molecule has 43 heavy (non-hydrogen) atoms. The van der Waals surface area contributed by atoms with Crippen molar-refractivity contribution >= 4 is 16.3 Å². The molecule has 3 saturated carbocycles. The van der Waals surface area contributed by atoms with E-state index >= 15 is 0 Å². The summed E-state index contributed by atoms with van der Waals surface area (Å²) in [6.45, 7) is 11.7. The zero-order chi connectivity index (χ0) is 32.2. The Morgan fingerprint density at radius 1 is 1.02 bits per heavy atom. The van der Waals surface area contributed by atoms with Crippen LogP contribution in [0.4, 0.5) is 26.7 Å². The first-order chi connectivity index (χ1) is 19.7. The van der Waals surface area contributed by atoms with Gasteiger partial charge < -0.3 is 14.0 Å². The molecule has 0 saturated heterocycles. The summed E-state index contributed by atoms with van der Waals surface area (Å²) in [5.74, 6) is 3.71. The van der Waals surface area contributed by atoms with E-state index in [1.165, 1.54) is 32.1 Å². The van der Waals surface area contributed by atoms with E-state index in [9.17, 15) is 39.7 Å². The Morgan fingerprint density at radius 2 is 1.70 bits per heavy atom. The number of carbonyl (C=O) groups is 1. The zero-order valence-corrected chi connectivity index (χ0v) is 26.5. The van der Waals surface area contributed by atoms with Gasteiger partial charge in [-0.3, -0.25) is 0 Å². The molecule has 248 valence electrons. The van der Waals surface area contributed by atoms with Crippen molar-refractivity contribution < 1.29 is 49.2 Å². The van der Waals surface area contributed by atoms with Crippen molar-refractivity contribution in [1.29, 1.82) is 0 Å². The van der Waals surface area contributed by atoms with Crippen LogP contribution >= 0.6 is 0 Å². The van der Waals surface area contributed by atoms with Crippen LogP contribution in [0.1, 0.15) is 105 Å². The zero-order valence-electron chi connectivity index (χ0n) is 25.7. The van der Waals surface area contributed by atoms with Gasteiger partial charge in [0.25, 0.3) is 6.10 Å². The predicted molar refractivity (Wildman–Crippen MR) is 149 cm³/mol. The van der Waals surface area contributed by atoms with Crippen LogP contribution < -0.4 is 0 Å². The lowest BCUT2D eigenvalue weighted by Crippen LogP contribution is -2.53. The summed E-state index contributed by atoms with van der Waals surface area (Å²) in [5, 5.41) is -5.91. The van der Waals surface area contributed by atoms with Crippen LogP contribution in [-0.2, 0) is 19.6 Å². The Balaban J connectivity index is 1.42. The minimum atomic E-state index is -6.77. The normalized spacial score (nSPS) is 36.2. The molecule has 3 fully saturated rings. The van der Waals surface area contributed by atoms with Crippen molar-refractivity contribution in [1.82, 2.24) is 0 Å². The minimum Gasteiger partial charge on any atom is -0.743 e. The monoisotopic (exact) mass is 641 g/mol. The van der Waals surface area contributed by atoms with Gasteiger partial charge in [-0.15, -0.1) is 0 Å². The van der Waals surface area contributed by atoms with Crippen molar-refractivity contribution in [2.24, 2.45) is 46.3 Å². The largest absolute Gasteiger partial charge is 0.743 e. The highest BCUT2D eigenvalue weighted by Crippen LogP contribution is 2.67. The fraction of sp³-hybridized carbons (Fsp3) is 0.903. The number of fused-ring (bicyclic) bond motifs is 5. The Hall–Kier alpha value is -1.43. The Kier molecular flexibility index (Phi) is 9.66. The quantitative estimate of drug-likeness (QED) is 0.108. The Bertz CT molecular complexity index is 1170. The first-order valence-corrected chi connectivity index (χ1v) is 17.1. The predicted octanol–water partition coefficient (Wildman–Crippen LogP) is 8.62. The Labute approximate surface area is 252 Å². The molecular weight excluding hydrogens is 595 g/mol. The van der Waals surface area contributed by atoms with Crippen molar-refractivity contribution in [2.45, 2.75) is 129 Å². The van der Waals surface area contributed by atoms with Crippen molar-refractivity contribution in [3.05, 3.63) is 11.6 Å². The highest BCUT2D eigenvalue weighted by atomic mass is 32.2. The summed E-state index contributed by atoms with van der Waals surface area (Å²) in [7, 11) is -6.77. The van der Waals surface area contributed by atoms with E-state index in [1.807, 2.05) is 0 Å². The summed E-state index contributed by atoms with van der Waals surface area (Å²) in [5.41, 5.74) is 1.20. The molecule has 9 atom stereocenters. The first-order valence-electron chi connectivity index (χ1n) is 15.7. The van der Waals surface area contributed by atoms with E-state index in [2.05, 4.69) is 45.4 Å². The fourth-order valence-corrected chi connectivity index (χ4v) is 9.91. The van der Waals surface area contributed by atoms with Crippen LogP contribution in [0.2, 0.25) is 0 Å². The number of allylic oxidation sites excluding steroid dienone is 1. The van der Waals surface area contributed by atoms with Crippen LogP contribution in [0.15, 0.2) is 11.6 Å². The van der Waals surface area contributed by atoms with Crippen LogP contribution in [0.25, 0.3) is 0 Å². The average Bonchev–Trinajstić information content (AvgIpc) is 3.23. The van der Waals surface area contributed by atoms with Crippen molar-refractivity contribution in [3.8, 4) is 0 Å². The molecule has 0 radical (unpaired) electrons. The molecule has 4 aliphatic carbocycles. The lowest BCUT2D eigenvalue weighted by atomic mass is 9.47. The van der Waals surface area contributed by atoms with Gasteiger partial charge in [0, 0.05) is 6.42 Å². The molecule has 1 unspecified atom stereocenters. The number of ether oxygens (including phenoxy) is 2. The maximum atomic E-state index is 13.8. The average molecular weight is 642 g/mol. The Morgan fingerprint density at radius 3 is 2.30 bits per heavy atom. The van der Waals surface area contributed by atoms with E-state index in [1.54, 1.807) is 0 Å². The summed E-state index contributed by atoms with van der Waals surface area (Å²) in [4.78, 5) is 12.2. The van der Waals surface area contributed by atoms with Crippen LogP contribution in [0.5, 0.6) is 0 Å². The molecule has 0 N–H and O–H groups in total. The second-order valence-corrected chi connectivity index (χ2v) is 16.0. The number of carbonyl (C=O) groups excluding carboxylic acids is 1. The van der Waals surface area contributed by atoms with Crippen molar-refractivity contribution in [2.75, 3.05) is 0 Å². The van der Waals surface area contributed by atoms with Crippen LogP contribution in [0.3, 0.4) is 0 Å². The van der Waals surface area contributed by atoms with E-state index in [-0.39, 0.29) is 11.8 Å². The molecule has 0 amide bonds. The molecule has 0 heterocycles. The highest BCUT2D eigenvalue weighted by molar-refractivity contribution is 7.86. The van der Waals surface area contributed by atoms with Gasteiger partial charge in [0.15, 0.2) is 10.1 Å². The smallest absolute Gasteiger partial charge is 0.509 e. The third kappa shape index (κ3) is 6.61. The van der Waals surface area contributed by atoms with Crippen LogP contribution in [0, 0.1) is 46.3 Å². The van der Waals surface area contributed by atoms with Gasteiger partial charge in [0.1, 0.15) is 6.10 Å². The number of halogens is 5. The van der Waals surface area contributed by atoms with Gasteiger partial charge in [0.2, 0.25) is 0 Å². The molecule has 0 aromatic rings. The minimum absolute atomic E-state index is 0.160. The molecule has 12 heteroatoms. The summed E-state index contributed by atoms with van der Waals surface area (Å²) >= 11 is 0. The number of hydrogen-bond acceptors (Lipinski definition) is 6. The number of hydrogen-bond donors (Lipinski definition) is 0. The third-order valence-corrected chi connectivity index (χ3v) is 12.6. The second kappa shape index (κ2) is 12.1. The maximum absolute atomic E-state index is 13.8. The van der Waals surface area contributed by atoms with Gasteiger partial charge >= 0.3 is 17.6 Å². The number of alkyl halides is 5. The molecule has 0 aliphatic heterocycles. The lowest BCUT2D eigenvalue weighted by Gasteiger charge is -2.58. The molecule has 0 bridgehead atoms.